The van der Waals surface area contributed by atoms with Gasteiger partial charge in [-0.25, -0.2) is 8.42 Å². The summed E-state index contributed by atoms with van der Waals surface area (Å²) in [5, 5.41) is 8.45. The number of hydrogen-bond donors (Lipinski definition) is 0. The highest BCUT2D eigenvalue weighted by atomic mass is 32.2. The Kier molecular flexibility index (Phi) is 6.53. The fourth-order valence-electron chi connectivity index (χ4n) is 1.40. The van der Waals surface area contributed by atoms with E-state index in [4.69, 9.17) is 5.26 Å². The van der Waals surface area contributed by atoms with Gasteiger partial charge in [0.2, 0.25) is 10.0 Å². The van der Waals surface area contributed by atoms with E-state index in [0.29, 0.717) is 6.54 Å². The van der Waals surface area contributed by atoms with Crippen molar-refractivity contribution < 1.29 is 8.42 Å². The Morgan fingerprint density at radius 1 is 1.33 bits per heavy atom. The van der Waals surface area contributed by atoms with Gasteiger partial charge in [-0.3, -0.25) is 0 Å². The van der Waals surface area contributed by atoms with Crippen molar-refractivity contribution in [3.8, 4) is 6.07 Å². The molecule has 0 aliphatic carbocycles. The first-order chi connectivity index (χ1) is 6.95. The van der Waals surface area contributed by atoms with Crippen molar-refractivity contribution in [2.45, 2.75) is 46.1 Å². The number of sulfonamides is 1. The van der Waals surface area contributed by atoms with Crippen LogP contribution in [0.4, 0.5) is 0 Å². The summed E-state index contributed by atoms with van der Waals surface area (Å²) in [6, 6.07) is 1.63. The van der Waals surface area contributed by atoms with Gasteiger partial charge in [-0.2, -0.15) is 9.57 Å². The quantitative estimate of drug-likeness (QED) is 0.628. The molecule has 5 heteroatoms. The molecule has 0 heterocycles. The Bertz CT molecular complexity index is 304. The van der Waals surface area contributed by atoms with Crippen LogP contribution in [0.5, 0.6) is 0 Å². The fourth-order valence-corrected chi connectivity index (χ4v) is 2.78. The molecule has 0 aliphatic rings. The highest BCUT2D eigenvalue weighted by molar-refractivity contribution is 7.89. The van der Waals surface area contributed by atoms with Crippen LogP contribution in [0, 0.1) is 11.3 Å². The normalized spacial score (nSPS) is 12.0. The average molecular weight is 232 g/mol. The average Bonchev–Trinajstić information content (AvgIpc) is 2.11. The van der Waals surface area contributed by atoms with Crippen LogP contribution in [-0.2, 0) is 10.0 Å². The van der Waals surface area contributed by atoms with Crippen LogP contribution in [0.3, 0.4) is 0 Å². The lowest BCUT2D eigenvalue weighted by atomic mass is 10.2. The zero-order chi connectivity index (χ0) is 11.9. The van der Waals surface area contributed by atoms with Gasteiger partial charge in [0.25, 0.3) is 0 Å². The predicted octanol–water partition coefficient (Wildman–Crippen LogP) is 1.74. The van der Waals surface area contributed by atoms with Crippen LogP contribution < -0.4 is 0 Å². The van der Waals surface area contributed by atoms with Crippen LogP contribution in [0.1, 0.15) is 40.0 Å². The van der Waals surface area contributed by atoms with E-state index in [1.165, 1.54) is 4.31 Å². The molecule has 0 saturated heterocycles. The summed E-state index contributed by atoms with van der Waals surface area (Å²) in [4.78, 5) is 0. The number of unbranched alkanes of at least 4 members (excludes halogenated alkanes) is 2. The molecule has 0 aromatic carbocycles. The standard InChI is InChI=1S/C10H20N2O2S/c1-4-5-6-8-12(10(2)3)15(13,14)9-7-11/h10H,4-6,8-9H2,1-3H3. The van der Waals surface area contributed by atoms with Crippen molar-refractivity contribution in [2.24, 2.45) is 0 Å². The van der Waals surface area contributed by atoms with E-state index in [2.05, 4.69) is 6.92 Å². The zero-order valence-electron chi connectivity index (χ0n) is 9.73. The zero-order valence-corrected chi connectivity index (χ0v) is 10.5. The monoisotopic (exact) mass is 232 g/mol. The minimum atomic E-state index is -3.38. The molecule has 0 radical (unpaired) electrons. The Labute approximate surface area is 92.9 Å². The molecule has 0 rings (SSSR count). The summed E-state index contributed by atoms with van der Waals surface area (Å²) in [5.74, 6) is -0.419. The van der Waals surface area contributed by atoms with Crippen molar-refractivity contribution in [3.05, 3.63) is 0 Å². The van der Waals surface area contributed by atoms with Crippen LogP contribution >= 0.6 is 0 Å². The molecule has 0 fully saturated rings. The SMILES string of the molecule is CCCCCN(C(C)C)S(=O)(=O)CC#N. The molecule has 0 aromatic heterocycles. The van der Waals surface area contributed by atoms with Gasteiger partial charge < -0.3 is 0 Å². The van der Waals surface area contributed by atoms with Gasteiger partial charge in [-0.05, 0) is 20.3 Å². The van der Waals surface area contributed by atoms with Crippen LogP contribution in [0.15, 0.2) is 0 Å². The molecule has 0 atom stereocenters. The lowest BCUT2D eigenvalue weighted by molar-refractivity contribution is 0.347. The van der Waals surface area contributed by atoms with Crippen molar-refractivity contribution in [3.63, 3.8) is 0 Å². The minimum Gasteiger partial charge on any atom is -0.211 e. The molecule has 4 nitrogen and oxygen atoms in total. The third kappa shape index (κ3) is 5.14. The van der Waals surface area contributed by atoms with Gasteiger partial charge in [0.15, 0.2) is 5.75 Å². The molecular formula is C10H20N2O2S. The first kappa shape index (κ1) is 14.4. The van der Waals surface area contributed by atoms with Crippen molar-refractivity contribution in [2.75, 3.05) is 12.3 Å². The predicted molar refractivity (Wildman–Crippen MR) is 60.8 cm³/mol. The van der Waals surface area contributed by atoms with Gasteiger partial charge in [0.05, 0.1) is 6.07 Å². The molecule has 88 valence electrons. The molecular weight excluding hydrogens is 212 g/mol. The lowest BCUT2D eigenvalue weighted by Crippen LogP contribution is -2.38. The van der Waals surface area contributed by atoms with Crippen molar-refractivity contribution >= 4 is 10.0 Å². The smallest absolute Gasteiger partial charge is 0.211 e. The summed E-state index contributed by atoms with van der Waals surface area (Å²) >= 11 is 0. The molecule has 0 aliphatic heterocycles. The molecule has 0 saturated carbocycles. The minimum absolute atomic E-state index is 0.0693. The van der Waals surface area contributed by atoms with E-state index < -0.39 is 15.8 Å². The molecule has 0 bridgehead atoms. The Morgan fingerprint density at radius 2 is 1.93 bits per heavy atom. The first-order valence-electron chi connectivity index (χ1n) is 5.32. The van der Waals surface area contributed by atoms with E-state index in [1.807, 2.05) is 13.8 Å². The maximum Gasteiger partial charge on any atom is 0.227 e. The van der Waals surface area contributed by atoms with Gasteiger partial charge in [-0.1, -0.05) is 19.8 Å². The maximum absolute atomic E-state index is 11.7. The summed E-state index contributed by atoms with van der Waals surface area (Å²) in [6.45, 7) is 6.26. The number of rotatable bonds is 7. The second-order valence-electron chi connectivity index (χ2n) is 3.83. The van der Waals surface area contributed by atoms with E-state index in [-0.39, 0.29) is 6.04 Å². The molecule has 0 spiro atoms. The first-order valence-corrected chi connectivity index (χ1v) is 6.93. The maximum atomic E-state index is 11.7. The third-order valence-electron chi connectivity index (χ3n) is 2.16. The molecule has 0 aromatic rings. The van der Waals surface area contributed by atoms with E-state index in [1.54, 1.807) is 6.07 Å². The van der Waals surface area contributed by atoms with E-state index >= 15 is 0 Å². The Balaban J connectivity index is 4.47. The van der Waals surface area contributed by atoms with Gasteiger partial charge in [-0.15, -0.1) is 0 Å². The summed E-state index contributed by atoms with van der Waals surface area (Å²) in [7, 11) is -3.38. The number of nitriles is 1. The Morgan fingerprint density at radius 3 is 2.33 bits per heavy atom. The highest BCUT2D eigenvalue weighted by Gasteiger charge is 2.23. The van der Waals surface area contributed by atoms with E-state index in [9.17, 15) is 8.42 Å². The van der Waals surface area contributed by atoms with Crippen molar-refractivity contribution in [1.82, 2.24) is 4.31 Å². The second kappa shape index (κ2) is 6.81. The molecule has 0 amide bonds. The molecule has 0 unspecified atom stereocenters. The topological polar surface area (TPSA) is 61.2 Å². The van der Waals surface area contributed by atoms with Gasteiger partial charge >= 0.3 is 0 Å². The van der Waals surface area contributed by atoms with Crippen LogP contribution in [0.2, 0.25) is 0 Å². The summed E-state index contributed by atoms with van der Waals surface area (Å²) in [5.41, 5.74) is 0. The van der Waals surface area contributed by atoms with Gasteiger partial charge in [0, 0.05) is 12.6 Å². The number of hydrogen-bond acceptors (Lipinski definition) is 3. The van der Waals surface area contributed by atoms with Crippen LogP contribution in [0.25, 0.3) is 0 Å². The fraction of sp³-hybridized carbons (Fsp3) is 0.900. The third-order valence-corrected chi connectivity index (χ3v) is 3.97. The van der Waals surface area contributed by atoms with Crippen molar-refractivity contribution in [1.29, 1.82) is 5.26 Å². The second-order valence-corrected chi connectivity index (χ2v) is 5.75. The summed E-state index contributed by atoms with van der Waals surface area (Å²) in [6.07, 6.45) is 2.94. The lowest BCUT2D eigenvalue weighted by Gasteiger charge is -2.24. The van der Waals surface area contributed by atoms with Gasteiger partial charge in [0.1, 0.15) is 0 Å². The van der Waals surface area contributed by atoms with Crippen LogP contribution in [-0.4, -0.2) is 31.1 Å². The summed E-state index contributed by atoms with van der Waals surface area (Å²) < 4.78 is 24.8. The largest absolute Gasteiger partial charge is 0.227 e. The molecule has 15 heavy (non-hydrogen) atoms. The Hall–Kier alpha value is -0.600. The van der Waals surface area contributed by atoms with E-state index in [0.717, 1.165) is 19.3 Å². The molecule has 0 N–H and O–H groups in total. The highest BCUT2D eigenvalue weighted by Crippen LogP contribution is 2.09. The number of nitrogens with zero attached hydrogens (tertiary/aromatic N) is 2.